The second kappa shape index (κ2) is 11.2. The van der Waals surface area contributed by atoms with E-state index in [0.717, 1.165) is 18.4 Å². The highest BCUT2D eigenvalue weighted by Crippen LogP contribution is 2.38. The Morgan fingerprint density at radius 2 is 1.93 bits per heavy atom. The van der Waals surface area contributed by atoms with Gasteiger partial charge in [-0.25, -0.2) is 8.78 Å². The molecule has 1 aromatic heterocycles. The SMILES string of the molecule is [2H]C(Nc1cc(Cl)c2ncc(C#N)c(N[C@H](CC)c3cccc(F)c3)c2c1)(C1=CN(C2CC2)NN1)c1ccc(F)cc1. The van der Waals surface area contributed by atoms with Gasteiger partial charge in [0.05, 0.1) is 40.9 Å². The molecule has 7 nitrogen and oxygen atoms in total. The molecule has 1 saturated carbocycles. The third-order valence-corrected chi connectivity index (χ3v) is 7.51. The van der Waals surface area contributed by atoms with Crippen molar-refractivity contribution in [1.82, 2.24) is 21.0 Å². The maximum Gasteiger partial charge on any atom is 0.123 e. The smallest absolute Gasteiger partial charge is 0.123 e. The molecule has 2 heterocycles. The first kappa shape index (κ1) is 25.6. The van der Waals surface area contributed by atoms with E-state index in [-0.39, 0.29) is 11.9 Å². The molecular weight excluding hydrogens is 544 g/mol. The second-order valence-electron chi connectivity index (χ2n) is 10.1. The molecule has 0 amide bonds. The molecule has 208 valence electrons. The molecule has 2 atom stereocenters. The number of benzene rings is 3. The van der Waals surface area contributed by atoms with Gasteiger partial charge in [-0.05, 0) is 66.8 Å². The van der Waals surface area contributed by atoms with Crippen LogP contribution in [0.4, 0.5) is 20.2 Å². The summed E-state index contributed by atoms with van der Waals surface area (Å²) >= 11 is 6.74. The molecule has 0 radical (unpaired) electrons. The van der Waals surface area contributed by atoms with Crippen molar-refractivity contribution in [3.05, 3.63) is 112 Å². The third-order valence-electron chi connectivity index (χ3n) is 7.22. The lowest BCUT2D eigenvalue weighted by Crippen LogP contribution is -2.38. The predicted molar refractivity (Wildman–Crippen MR) is 157 cm³/mol. The summed E-state index contributed by atoms with van der Waals surface area (Å²) in [5, 5.41) is 19.5. The normalized spacial score (nSPS) is 17.2. The van der Waals surface area contributed by atoms with Crippen molar-refractivity contribution in [2.45, 2.75) is 44.3 Å². The van der Waals surface area contributed by atoms with Crippen molar-refractivity contribution in [2.24, 2.45) is 0 Å². The minimum absolute atomic E-state index is 0.296. The number of nitriles is 1. The molecule has 0 bridgehead atoms. The summed E-state index contributed by atoms with van der Waals surface area (Å²) < 4.78 is 37.5. The number of hydrogen-bond acceptors (Lipinski definition) is 7. The zero-order valence-corrected chi connectivity index (χ0v) is 22.9. The molecule has 2 aliphatic rings. The van der Waals surface area contributed by atoms with Gasteiger partial charge in [0.15, 0.2) is 0 Å². The Balaban J connectivity index is 1.44. The number of anilines is 2. The van der Waals surface area contributed by atoms with E-state index in [1.54, 1.807) is 30.3 Å². The first-order valence-electron chi connectivity index (χ1n) is 13.9. The number of rotatable bonds is 9. The average molecular weight is 573 g/mol. The van der Waals surface area contributed by atoms with Crippen molar-refractivity contribution in [1.29, 1.82) is 5.26 Å². The summed E-state index contributed by atoms with van der Waals surface area (Å²) in [5.74, 6) is -0.755. The summed E-state index contributed by atoms with van der Waals surface area (Å²) in [6.45, 7) is 1.97. The molecule has 1 unspecified atom stereocenters. The monoisotopic (exact) mass is 572 g/mol. The van der Waals surface area contributed by atoms with E-state index < -0.39 is 11.8 Å². The van der Waals surface area contributed by atoms with Crippen LogP contribution in [0.3, 0.4) is 0 Å². The van der Waals surface area contributed by atoms with E-state index in [1.165, 1.54) is 30.5 Å². The van der Waals surface area contributed by atoms with Crippen LogP contribution in [-0.2, 0) is 0 Å². The summed E-state index contributed by atoms with van der Waals surface area (Å²) in [6, 6.07) is 16.2. The molecule has 0 saturated heterocycles. The zero-order valence-electron chi connectivity index (χ0n) is 23.2. The van der Waals surface area contributed by atoms with Gasteiger partial charge in [-0.2, -0.15) is 5.26 Å². The molecule has 0 spiro atoms. The van der Waals surface area contributed by atoms with Gasteiger partial charge in [0.2, 0.25) is 0 Å². The van der Waals surface area contributed by atoms with Gasteiger partial charge in [0, 0.05) is 29.5 Å². The van der Waals surface area contributed by atoms with Gasteiger partial charge in [-0.15, -0.1) is 5.53 Å². The van der Waals surface area contributed by atoms with E-state index in [0.29, 0.717) is 56.6 Å². The zero-order chi connectivity index (χ0) is 29.4. The van der Waals surface area contributed by atoms with Crippen LogP contribution in [0.25, 0.3) is 10.9 Å². The Morgan fingerprint density at radius 1 is 1.12 bits per heavy atom. The van der Waals surface area contributed by atoms with Crippen molar-refractivity contribution >= 4 is 33.9 Å². The Labute approximate surface area is 243 Å². The molecule has 1 fully saturated rings. The van der Waals surface area contributed by atoms with Crippen LogP contribution >= 0.6 is 11.6 Å². The number of nitrogens with one attached hydrogen (secondary N) is 4. The Bertz CT molecular complexity index is 1720. The molecule has 1 aliphatic carbocycles. The highest BCUT2D eigenvalue weighted by Gasteiger charge is 2.32. The van der Waals surface area contributed by atoms with Gasteiger partial charge in [-0.1, -0.05) is 42.8 Å². The van der Waals surface area contributed by atoms with Crippen LogP contribution in [0, 0.1) is 23.0 Å². The Hall–Kier alpha value is -4.39. The second-order valence-corrected chi connectivity index (χ2v) is 10.5. The molecule has 3 aromatic carbocycles. The molecule has 1 aliphatic heterocycles. The van der Waals surface area contributed by atoms with Gasteiger partial charge in [0.1, 0.15) is 17.7 Å². The first-order valence-corrected chi connectivity index (χ1v) is 13.8. The largest absolute Gasteiger partial charge is 0.377 e. The first-order chi connectivity index (χ1) is 20.3. The highest BCUT2D eigenvalue weighted by atomic mass is 35.5. The lowest BCUT2D eigenvalue weighted by molar-refractivity contribution is 0.260. The number of nitrogens with zero attached hydrogens (tertiary/aromatic N) is 3. The van der Waals surface area contributed by atoms with Crippen LogP contribution in [0.5, 0.6) is 0 Å². The molecule has 4 N–H and O–H groups in total. The van der Waals surface area contributed by atoms with E-state index in [4.69, 9.17) is 11.6 Å². The van der Waals surface area contributed by atoms with Gasteiger partial charge in [-0.3, -0.25) is 9.99 Å². The van der Waals surface area contributed by atoms with Gasteiger partial charge in [0.25, 0.3) is 0 Å². The Morgan fingerprint density at radius 3 is 2.63 bits per heavy atom. The number of aromatic nitrogens is 1. The fourth-order valence-corrected chi connectivity index (χ4v) is 5.22. The maximum atomic E-state index is 14.1. The van der Waals surface area contributed by atoms with E-state index in [1.807, 2.05) is 24.2 Å². The molecule has 6 rings (SSSR count). The molecule has 41 heavy (non-hydrogen) atoms. The fourth-order valence-electron chi connectivity index (χ4n) is 4.95. The number of fused-ring (bicyclic) bond motifs is 1. The lowest BCUT2D eigenvalue weighted by atomic mass is 10.0. The minimum atomic E-state index is -1.57. The summed E-state index contributed by atoms with van der Waals surface area (Å²) in [7, 11) is 0. The van der Waals surface area contributed by atoms with Crippen molar-refractivity contribution in [3.8, 4) is 6.07 Å². The van der Waals surface area contributed by atoms with Crippen LogP contribution in [0.15, 0.2) is 78.8 Å². The van der Waals surface area contributed by atoms with E-state index >= 15 is 0 Å². The van der Waals surface area contributed by atoms with Gasteiger partial charge >= 0.3 is 0 Å². The fraction of sp³-hybridized carbons (Fsp3) is 0.226. The van der Waals surface area contributed by atoms with Crippen molar-refractivity contribution in [3.63, 3.8) is 0 Å². The van der Waals surface area contributed by atoms with Crippen molar-refractivity contribution < 1.29 is 10.2 Å². The van der Waals surface area contributed by atoms with Crippen LogP contribution in [-0.4, -0.2) is 16.0 Å². The quantitative estimate of drug-likeness (QED) is 0.170. The average Bonchev–Trinajstić information content (AvgIpc) is 3.71. The maximum absolute atomic E-state index is 14.1. The van der Waals surface area contributed by atoms with Crippen molar-refractivity contribution in [2.75, 3.05) is 10.6 Å². The molecular formula is C31H28ClF2N7. The summed E-state index contributed by atoms with van der Waals surface area (Å²) in [5.41, 5.74) is 9.70. The van der Waals surface area contributed by atoms with E-state index in [2.05, 4.69) is 32.6 Å². The number of hydrazine groups is 2. The standard InChI is InChI=1S/C31H28ClF2N7/c1-2-27(19-4-3-5-22(34)12-19)38-29-20(15-35)16-36-31-25(29)13-23(14-26(31)32)37-30(18-6-8-21(33)9-7-18)28-17-41(40-39-28)24-10-11-24/h3-9,12-14,16-17,24,27,30,37,39-40H,2,10-11H2,1H3,(H,36,38)/t27-,30?/m1/s1/i30D. The van der Waals surface area contributed by atoms with Gasteiger partial charge < -0.3 is 16.1 Å². The van der Waals surface area contributed by atoms with E-state index in [9.17, 15) is 15.4 Å². The summed E-state index contributed by atoms with van der Waals surface area (Å²) in [6.07, 6.45) is 6.02. The predicted octanol–water partition coefficient (Wildman–Crippen LogP) is 7.08. The topological polar surface area (TPSA) is 88.0 Å². The highest BCUT2D eigenvalue weighted by molar-refractivity contribution is 6.35. The number of halogens is 3. The molecule has 4 aromatic rings. The Kier molecular flexibility index (Phi) is 7.01. The lowest BCUT2D eigenvalue weighted by Gasteiger charge is -2.23. The number of pyridine rings is 1. The van der Waals surface area contributed by atoms with Crippen LogP contribution in [0.1, 0.15) is 56.3 Å². The molecule has 10 heteroatoms. The van der Waals surface area contributed by atoms with Crippen LogP contribution in [0.2, 0.25) is 5.02 Å². The minimum Gasteiger partial charge on any atom is -0.377 e. The van der Waals surface area contributed by atoms with Crippen LogP contribution < -0.4 is 21.6 Å². The third kappa shape index (κ3) is 5.62. The number of hydrogen-bond donors (Lipinski definition) is 4. The summed E-state index contributed by atoms with van der Waals surface area (Å²) in [4.78, 5) is 4.44.